The van der Waals surface area contributed by atoms with Crippen LogP contribution in [-0.4, -0.2) is 9.85 Å². The van der Waals surface area contributed by atoms with Crippen LogP contribution in [0.25, 0.3) is 16.5 Å². The van der Waals surface area contributed by atoms with Gasteiger partial charge in [0.2, 0.25) is 5.69 Å². The number of halogens is 1. The fourth-order valence-corrected chi connectivity index (χ4v) is 2.27. The molecule has 3 rings (SSSR count). The topological polar surface area (TPSA) is 90.2 Å². The van der Waals surface area contributed by atoms with E-state index in [1.54, 1.807) is 10.8 Å². The Kier molecular flexibility index (Phi) is 4.84. The minimum absolute atomic E-state index is 0. The highest BCUT2D eigenvalue weighted by molar-refractivity contribution is 5.80. The van der Waals surface area contributed by atoms with Crippen LogP contribution in [0.15, 0.2) is 60.9 Å². The quantitative estimate of drug-likeness (QED) is 0.256. The molecule has 8 heteroatoms. The maximum absolute atomic E-state index is 11.0. The SMILES string of the molecule is O=[N+]([O-])c1ccc(-[n+]2ccc3ccccc3c2)cc1[N+](=O)[O-].[I-]. The van der Waals surface area contributed by atoms with Crippen LogP contribution in [0.1, 0.15) is 0 Å². The molecule has 0 radical (unpaired) electrons. The van der Waals surface area contributed by atoms with Crippen molar-refractivity contribution in [1.82, 2.24) is 0 Å². The molecule has 0 saturated carbocycles. The molecule has 116 valence electrons. The standard InChI is InChI=1S/C15H10N3O4.HI/c19-17(20)14-6-5-13(9-15(14)18(21)22)16-8-7-11-3-1-2-4-12(11)10-16;/h1-10H;1H/q+1;/p-1. The average Bonchev–Trinajstić information content (AvgIpc) is 2.53. The van der Waals surface area contributed by atoms with Gasteiger partial charge in [0.25, 0.3) is 0 Å². The smallest absolute Gasteiger partial charge is 0.352 e. The third-order valence-corrected chi connectivity index (χ3v) is 3.34. The number of aromatic nitrogens is 1. The van der Waals surface area contributed by atoms with E-state index >= 15 is 0 Å². The second kappa shape index (κ2) is 6.65. The first-order valence-electron chi connectivity index (χ1n) is 6.39. The molecule has 3 aromatic rings. The van der Waals surface area contributed by atoms with Crippen LogP contribution >= 0.6 is 0 Å². The molecule has 7 nitrogen and oxygen atoms in total. The third-order valence-electron chi connectivity index (χ3n) is 3.34. The van der Waals surface area contributed by atoms with Gasteiger partial charge in [-0.05, 0) is 11.5 Å². The number of nitro groups is 2. The molecule has 0 aliphatic carbocycles. The summed E-state index contributed by atoms with van der Waals surface area (Å²) in [6.45, 7) is 0. The molecule has 0 fully saturated rings. The summed E-state index contributed by atoms with van der Waals surface area (Å²) in [5.74, 6) is 0. The Labute approximate surface area is 147 Å². The van der Waals surface area contributed by atoms with Crippen LogP contribution in [0.2, 0.25) is 0 Å². The van der Waals surface area contributed by atoms with Crippen LogP contribution in [0.3, 0.4) is 0 Å². The monoisotopic (exact) mass is 423 g/mol. The van der Waals surface area contributed by atoms with Gasteiger partial charge in [-0.3, -0.25) is 20.2 Å². The largest absolute Gasteiger partial charge is 1.00 e. The summed E-state index contributed by atoms with van der Waals surface area (Å²) in [5.41, 5.74) is -0.554. The lowest BCUT2D eigenvalue weighted by molar-refractivity contribution is -0.594. The highest BCUT2D eigenvalue weighted by atomic mass is 127. The lowest BCUT2D eigenvalue weighted by atomic mass is 10.1. The third kappa shape index (κ3) is 3.26. The van der Waals surface area contributed by atoms with Crippen LogP contribution in [0.4, 0.5) is 11.4 Å². The average molecular weight is 423 g/mol. The fraction of sp³-hybridized carbons (Fsp3) is 0. The van der Waals surface area contributed by atoms with E-state index in [0.29, 0.717) is 5.69 Å². The molecule has 0 N–H and O–H groups in total. The van der Waals surface area contributed by atoms with Crippen LogP contribution in [0, 0.1) is 20.2 Å². The first-order valence-corrected chi connectivity index (χ1v) is 6.39. The van der Waals surface area contributed by atoms with E-state index in [-0.39, 0.29) is 24.0 Å². The van der Waals surface area contributed by atoms with Gasteiger partial charge >= 0.3 is 11.4 Å². The molecule has 0 spiro atoms. The Hall–Kier alpha value is -2.62. The van der Waals surface area contributed by atoms with E-state index in [2.05, 4.69) is 0 Å². The first-order chi connectivity index (χ1) is 10.6. The van der Waals surface area contributed by atoms with Gasteiger partial charge in [-0.2, -0.15) is 4.57 Å². The zero-order valence-corrected chi connectivity index (χ0v) is 13.8. The first kappa shape index (κ1) is 16.7. The van der Waals surface area contributed by atoms with Crippen molar-refractivity contribution in [2.75, 3.05) is 0 Å². The molecule has 0 atom stereocenters. The summed E-state index contributed by atoms with van der Waals surface area (Å²) >= 11 is 0. The molecular weight excluding hydrogens is 413 g/mol. The number of nitro benzene ring substituents is 2. The maximum atomic E-state index is 11.0. The number of benzene rings is 2. The number of nitrogens with zero attached hydrogens (tertiary/aromatic N) is 3. The molecule has 0 amide bonds. The van der Waals surface area contributed by atoms with Gasteiger partial charge in [0.1, 0.15) is 0 Å². The van der Waals surface area contributed by atoms with Gasteiger partial charge in [0.05, 0.1) is 15.9 Å². The lowest BCUT2D eigenvalue weighted by Crippen LogP contribution is -3.00. The van der Waals surface area contributed by atoms with Crippen molar-refractivity contribution in [1.29, 1.82) is 0 Å². The van der Waals surface area contributed by atoms with Crippen molar-refractivity contribution >= 4 is 22.1 Å². The highest BCUT2D eigenvalue weighted by Crippen LogP contribution is 2.27. The molecule has 0 aliphatic heterocycles. The van der Waals surface area contributed by atoms with Gasteiger partial charge in [0.15, 0.2) is 12.4 Å². The number of hydrogen-bond donors (Lipinski definition) is 0. The molecule has 1 aromatic heterocycles. The Bertz CT molecular complexity index is 914. The summed E-state index contributed by atoms with van der Waals surface area (Å²) in [7, 11) is 0. The van der Waals surface area contributed by atoms with Crippen molar-refractivity contribution in [3.8, 4) is 5.69 Å². The van der Waals surface area contributed by atoms with Gasteiger partial charge in [-0.1, -0.05) is 18.2 Å². The van der Waals surface area contributed by atoms with E-state index in [4.69, 9.17) is 0 Å². The number of fused-ring (bicyclic) bond motifs is 1. The van der Waals surface area contributed by atoms with E-state index in [9.17, 15) is 20.2 Å². The van der Waals surface area contributed by atoms with Crippen LogP contribution in [-0.2, 0) is 0 Å². The van der Waals surface area contributed by atoms with Gasteiger partial charge in [-0.25, -0.2) is 0 Å². The van der Waals surface area contributed by atoms with Crippen LogP contribution in [0.5, 0.6) is 0 Å². The van der Waals surface area contributed by atoms with Crippen molar-refractivity contribution < 1.29 is 38.4 Å². The fourth-order valence-electron chi connectivity index (χ4n) is 2.27. The van der Waals surface area contributed by atoms with Gasteiger partial charge in [0, 0.05) is 23.6 Å². The summed E-state index contributed by atoms with van der Waals surface area (Å²) in [6, 6.07) is 13.4. The highest BCUT2D eigenvalue weighted by Gasteiger charge is 2.26. The Balaban J connectivity index is 0.00000192. The zero-order valence-electron chi connectivity index (χ0n) is 11.6. The molecule has 0 aliphatic rings. The Morgan fingerprint density at radius 3 is 2.13 bits per heavy atom. The van der Waals surface area contributed by atoms with E-state index < -0.39 is 21.2 Å². The summed E-state index contributed by atoms with van der Waals surface area (Å²) in [5, 5.41) is 23.9. The Morgan fingerprint density at radius 1 is 0.826 bits per heavy atom. The predicted molar refractivity (Wildman–Crippen MR) is 78.8 cm³/mol. The van der Waals surface area contributed by atoms with Crippen molar-refractivity contribution in [3.05, 3.63) is 81.2 Å². The van der Waals surface area contributed by atoms with Gasteiger partial charge < -0.3 is 24.0 Å². The summed E-state index contributed by atoms with van der Waals surface area (Å²) in [4.78, 5) is 20.4. The molecule has 0 saturated heterocycles. The van der Waals surface area contributed by atoms with E-state index in [0.717, 1.165) is 16.8 Å². The molecule has 1 heterocycles. The number of pyridine rings is 1. The van der Waals surface area contributed by atoms with Crippen molar-refractivity contribution in [3.63, 3.8) is 0 Å². The molecule has 0 bridgehead atoms. The second-order valence-electron chi connectivity index (χ2n) is 4.67. The molecule has 23 heavy (non-hydrogen) atoms. The van der Waals surface area contributed by atoms with Gasteiger partial charge in [-0.15, -0.1) is 0 Å². The minimum Gasteiger partial charge on any atom is -1.00 e. The predicted octanol–water partition coefficient (Wildman–Crippen LogP) is -0.0631. The number of rotatable bonds is 3. The lowest BCUT2D eigenvalue weighted by Gasteiger charge is -1.99. The van der Waals surface area contributed by atoms with Crippen LogP contribution < -0.4 is 28.5 Å². The zero-order chi connectivity index (χ0) is 15.7. The normalized spacial score (nSPS) is 10.1. The molecule has 0 unspecified atom stereocenters. The minimum atomic E-state index is -0.757. The molecular formula is C15H10IN3O4. The number of hydrogen-bond acceptors (Lipinski definition) is 4. The summed E-state index contributed by atoms with van der Waals surface area (Å²) in [6.07, 6.45) is 3.58. The van der Waals surface area contributed by atoms with E-state index in [1.807, 2.05) is 36.5 Å². The summed E-state index contributed by atoms with van der Waals surface area (Å²) < 4.78 is 1.69. The maximum Gasteiger partial charge on any atom is 0.352 e. The van der Waals surface area contributed by atoms with Crippen molar-refractivity contribution in [2.45, 2.75) is 0 Å². The second-order valence-corrected chi connectivity index (χ2v) is 4.67. The van der Waals surface area contributed by atoms with Crippen molar-refractivity contribution in [2.24, 2.45) is 0 Å². The molecule has 2 aromatic carbocycles. The Morgan fingerprint density at radius 2 is 1.48 bits per heavy atom. The van der Waals surface area contributed by atoms with E-state index in [1.165, 1.54) is 12.1 Å².